The molecule has 1 N–H and O–H groups in total. The second-order valence-electron chi connectivity index (χ2n) is 9.90. The van der Waals surface area contributed by atoms with Gasteiger partial charge in [0.2, 0.25) is 0 Å². The Bertz CT molecular complexity index is 1220. The molecule has 10 heteroatoms. The summed E-state index contributed by atoms with van der Waals surface area (Å²) in [6, 6.07) is 8.43. The Morgan fingerprint density at radius 1 is 1.16 bits per heavy atom. The quantitative estimate of drug-likeness (QED) is 0.546. The molecule has 6 heterocycles. The number of piperidine rings is 1. The number of hydrogen-bond donors (Lipinski definition) is 1. The topological polar surface area (TPSA) is 93.5 Å². The summed E-state index contributed by atoms with van der Waals surface area (Å²) in [7, 11) is 0. The van der Waals surface area contributed by atoms with E-state index in [2.05, 4.69) is 40.4 Å². The van der Waals surface area contributed by atoms with Crippen LogP contribution < -0.4 is 10.2 Å². The van der Waals surface area contributed by atoms with Gasteiger partial charge in [0, 0.05) is 62.5 Å². The van der Waals surface area contributed by atoms with E-state index in [1.807, 2.05) is 29.2 Å². The molecule has 0 aliphatic carbocycles. The van der Waals surface area contributed by atoms with Crippen molar-refractivity contribution in [2.45, 2.75) is 31.5 Å². The lowest BCUT2D eigenvalue weighted by Crippen LogP contribution is -2.51. The van der Waals surface area contributed by atoms with Gasteiger partial charge in [0.05, 0.1) is 35.7 Å². The number of rotatable bonds is 6. The Morgan fingerprint density at radius 2 is 1.97 bits per heavy atom. The number of amides is 1. The third kappa shape index (κ3) is 4.76. The molecular weight excluding hydrogens is 472 g/mol. The molecule has 3 aliphatic heterocycles. The second kappa shape index (κ2) is 10.3. The van der Waals surface area contributed by atoms with Crippen LogP contribution in [-0.4, -0.2) is 90.8 Å². The summed E-state index contributed by atoms with van der Waals surface area (Å²) in [5.41, 5.74) is 4.94. The SMILES string of the molecule is CCOC1(c2ccc(-c3cc4c(N5CCN(C(=O)OC6COC6)CC5)ccnn4c3)nc2)CCNCC1. The van der Waals surface area contributed by atoms with Gasteiger partial charge >= 0.3 is 6.09 Å². The Kier molecular flexibility index (Phi) is 6.71. The zero-order valence-electron chi connectivity index (χ0n) is 21.3. The summed E-state index contributed by atoms with van der Waals surface area (Å²) in [6.45, 7) is 8.35. The predicted molar refractivity (Wildman–Crippen MR) is 139 cm³/mol. The molecule has 0 radical (unpaired) electrons. The van der Waals surface area contributed by atoms with Crippen molar-refractivity contribution in [1.29, 1.82) is 0 Å². The van der Waals surface area contributed by atoms with Crippen molar-refractivity contribution in [3.8, 4) is 11.3 Å². The van der Waals surface area contributed by atoms with Gasteiger partial charge in [-0.05, 0) is 51.1 Å². The maximum Gasteiger partial charge on any atom is 0.410 e. The standard InChI is InChI=1S/C27H34N6O4/c1-2-36-27(6-9-28-10-7-27)21-3-4-23(29-16-21)20-15-25-24(5-8-30-33(25)17-20)31-11-13-32(14-12-31)26(34)37-22-18-35-19-22/h3-5,8,15-17,22,28H,2,6-7,9-14,18-19H2,1H3. The zero-order chi connectivity index (χ0) is 25.2. The molecule has 1 amide bonds. The first-order valence-electron chi connectivity index (χ1n) is 13.2. The highest BCUT2D eigenvalue weighted by Gasteiger charge is 2.35. The number of ether oxygens (including phenoxy) is 3. The zero-order valence-corrected chi connectivity index (χ0v) is 21.3. The number of pyridine rings is 1. The summed E-state index contributed by atoms with van der Waals surface area (Å²) in [6.07, 6.45) is 7.37. The highest BCUT2D eigenvalue weighted by Crippen LogP contribution is 2.35. The normalized spacial score (nSPS) is 20.1. The van der Waals surface area contributed by atoms with Crippen LogP contribution in [0.25, 0.3) is 16.8 Å². The van der Waals surface area contributed by atoms with Gasteiger partial charge in [0.1, 0.15) is 0 Å². The van der Waals surface area contributed by atoms with E-state index in [0.29, 0.717) is 32.9 Å². The lowest BCUT2D eigenvalue weighted by molar-refractivity contribution is -0.104. The van der Waals surface area contributed by atoms with E-state index in [0.717, 1.165) is 67.0 Å². The van der Waals surface area contributed by atoms with Crippen LogP contribution in [0.1, 0.15) is 25.3 Å². The Labute approximate surface area is 216 Å². The molecule has 0 unspecified atom stereocenters. The van der Waals surface area contributed by atoms with E-state index >= 15 is 0 Å². The average molecular weight is 507 g/mol. The molecule has 3 fully saturated rings. The maximum atomic E-state index is 12.4. The predicted octanol–water partition coefficient (Wildman–Crippen LogP) is 2.67. The molecule has 0 atom stereocenters. The smallest absolute Gasteiger partial charge is 0.410 e. The van der Waals surface area contributed by atoms with Crippen LogP contribution in [0.15, 0.2) is 42.9 Å². The average Bonchev–Trinajstić information content (AvgIpc) is 3.36. The fraction of sp³-hybridized carbons (Fsp3) is 0.519. The first-order valence-corrected chi connectivity index (χ1v) is 13.2. The number of fused-ring (bicyclic) bond motifs is 1. The number of piperazine rings is 1. The van der Waals surface area contributed by atoms with Gasteiger partial charge in [-0.1, -0.05) is 6.07 Å². The molecule has 0 bridgehead atoms. The molecule has 10 nitrogen and oxygen atoms in total. The number of carbonyl (C=O) groups is 1. The Balaban J connectivity index is 1.18. The number of nitrogens with zero attached hydrogens (tertiary/aromatic N) is 5. The molecular formula is C27H34N6O4. The summed E-state index contributed by atoms with van der Waals surface area (Å²) in [5.74, 6) is 0. The third-order valence-corrected chi connectivity index (χ3v) is 7.66. The fourth-order valence-electron chi connectivity index (χ4n) is 5.49. The van der Waals surface area contributed by atoms with Gasteiger partial charge in [-0.2, -0.15) is 5.10 Å². The van der Waals surface area contributed by atoms with Crippen LogP contribution in [0.4, 0.5) is 10.5 Å². The number of carbonyl (C=O) groups excluding carboxylic acids is 1. The first-order chi connectivity index (χ1) is 18.1. The molecule has 3 aromatic heterocycles. The lowest BCUT2D eigenvalue weighted by Gasteiger charge is -2.37. The lowest BCUT2D eigenvalue weighted by atomic mass is 9.85. The van der Waals surface area contributed by atoms with Crippen molar-refractivity contribution in [2.75, 3.05) is 64.0 Å². The van der Waals surface area contributed by atoms with E-state index in [1.54, 1.807) is 4.90 Å². The van der Waals surface area contributed by atoms with Crippen molar-refractivity contribution in [3.05, 3.63) is 48.4 Å². The third-order valence-electron chi connectivity index (χ3n) is 7.66. The molecule has 3 aromatic rings. The number of hydrogen-bond acceptors (Lipinski definition) is 8. The van der Waals surface area contributed by atoms with Crippen LogP contribution in [0.2, 0.25) is 0 Å². The molecule has 0 saturated carbocycles. The van der Waals surface area contributed by atoms with Crippen LogP contribution >= 0.6 is 0 Å². The van der Waals surface area contributed by atoms with Crippen LogP contribution in [0.3, 0.4) is 0 Å². The molecule has 3 aliphatic rings. The van der Waals surface area contributed by atoms with Crippen LogP contribution in [0, 0.1) is 0 Å². The van der Waals surface area contributed by atoms with E-state index in [-0.39, 0.29) is 17.8 Å². The summed E-state index contributed by atoms with van der Waals surface area (Å²) in [4.78, 5) is 21.3. The highest BCUT2D eigenvalue weighted by atomic mass is 16.6. The van der Waals surface area contributed by atoms with Crippen LogP contribution in [-0.2, 0) is 19.8 Å². The van der Waals surface area contributed by atoms with Crippen molar-refractivity contribution in [1.82, 2.24) is 24.8 Å². The van der Waals surface area contributed by atoms with Gasteiger partial charge < -0.3 is 29.3 Å². The number of nitrogens with one attached hydrogen (secondary N) is 1. The Morgan fingerprint density at radius 3 is 2.65 bits per heavy atom. The summed E-state index contributed by atoms with van der Waals surface area (Å²) < 4.78 is 18.7. The highest BCUT2D eigenvalue weighted by molar-refractivity contribution is 5.79. The fourth-order valence-corrected chi connectivity index (χ4v) is 5.49. The molecule has 6 rings (SSSR count). The van der Waals surface area contributed by atoms with Crippen LogP contribution in [0.5, 0.6) is 0 Å². The minimum Gasteiger partial charge on any atom is -0.441 e. The Hall–Kier alpha value is -3.21. The van der Waals surface area contributed by atoms with E-state index in [1.165, 1.54) is 0 Å². The summed E-state index contributed by atoms with van der Waals surface area (Å²) >= 11 is 0. The maximum absolute atomic E-state index is 12.4. The van der Waals surface area contributed by atoms with Gasteiger partial charge in [-0.25, -0.2) is 9.31 Å². The van der Waals surface area contributed by atoms with Gasteiger partial charge in [0.25, 0.3) is 0 Å². The molecule has 0 aromatic carbocycles. The van der Waals surface area contributed by atoms with E-state index in [9.17, 15) is 4.79 Å². The molecule has 0 spiro atoms. The number of anilines is 1. The number of aromatic nitrogens is 3. The second-order valence-corrected chi connectivity index (χ2v) is 9.90. The van der Waals surface area contributed by atoms with E-state index in [4.69, 9.17) is 19.2 Å². The van der Waals surface area contributed by atoms with Gasteiger partial charge in [-0.15, -0.1) is 0 Å². The van der Waals surface area contributed by atoms with Crippen molar-refractivity contribution in [2.24, 2.45) is 0 Å². The molecule has 3 saturated heterocycles. The van der Waals surface area contributed by atoms with Crippen molar-refractivity contribution in [3.63, 3.8) is 0 Å². The first kappa shape index (κ1) is 24.1. The molecule has 196 valence electrons. The largest absolute Gasteiger partial charge is 0.441 e. The van der Waals surface area contributed by atoms with E-state index < -0.39 is 0 Å². The minimum atomic E-state index is -0.258. The molecule has 37 heavy (non-hydrogen) atoms. The van der Waals surface area contributed by atoms with Crippen molar-refractivity contribution < 1.29 is 19.0 Å². The van der Waals surface area contributed by atoms with Gasteiger partial charge in [0.15, 0.2) is 6.10 Å². The summed E-state index contributed by atoms with van der Waals surface area (Å²) in [5, 5.41) is 7.97. The minimum absolute atomic E-state index is 0.100. The van der Waals surface area contributed by atoms with Gasteiger partial charge in [-0.3, -0.25) is 4.98 Å². The monoisotopic (exact) mass is 506 g/mol. The van der Waals surface area contributed by atoms with Crippen molar-refractivity contribution >= 4 is 17.3 Å².